The molecule has 0 aromatic heterocycles. The number of morpholine rings is 1. The van der Waals surface area contributed by atoms with E-state index in [4.69, 9.17) is 22.1 Å². The molecule has 3 nitrogen and oxygen atoms in total. The summed E-state index contributed by atoms with van der Waals surface area (Å²) in [5.74, 6) is -0.262. The number of rotatable bonds is 3. The monoisotopic (exact) mass is 258 g/mol. The van der Waals surface area contributed by atoms with Gasteiger partial charge in [-0.25, -0.2) is 4.39 Å². The zero-order chi connectivity index (χ0) is 12.3. The topological polar surface area (TPSA) is 38.5 Å². The van der Waals surface area contributed by atoms with Gasteiger partial charge < -0.3 is 10.5 Å². The number of nitrogens with two attached hydrogens (primary N) is 1. The van der Waals surface area contributed by atoms with Gasteiger partial charge in [0, 0.05) is 30.7 Å². The lowest BCUT2D eigenvalue weighted by atomic mass is 10.1. The molecule has 0 aliphatic carbocycles. The number of benzene rings is 1. The SMILES string of the molecule is NCC1COCCN1Cc1cc(F)ccc1Cl. The second kappa shape index (κ2) is 5.78. The van der Waals surface area contributed by atoms with E-state index in [1.807, 2.05) is 0 Å². The smallest absolute Gasteiger partial charge is 0.123 e. The molecule has 2 N–H and O–H groups in total. The molecule has 0 saturated carbocycles. The first-order chi connectivity index (χ1) is 8.20. The van der Waals surface area contributed by atoms with E-state index < -0.39 is 0 Å². The quantitative estimate of drug-likeness (QED) is 0.896. The van der Waals surface area contributed by atoms with E-state index in [0.29, 0.717) is 31.3 Å². The Labute approximate surface area is 105 Å². The molecule has 0 bridgehead atoms. The van der Waals surface area contributed by atoms with Crippen molar-refractivity contribution in [3.8, 4) is 0 Å². The highest BCUT2D eigenvalue weighted by Gasteiger charge is 2.22. The maximum atomic E-state index is 13.2. The third kappa shape index (κ3) is 3.16. The summed E-state index contributed by atoms with van der Waals surface area (Å²) >= 11 is 6.05. The molecule has 1 saturated heterocycles. The van der Waals surface area contributed by atoms with Gasteiger partial charge in [0.1, 0.15) is 5.82 Å². The maximum Gasteiger partial charge on any atom is 0.123 e. The van der Waals surface area contributed by atoms with E-state index in [0.717, 1.165) is 12.1 Å². The van der Waals surface area contributed by atoms with Gasteiger partial charge in [-0.1, -0.05) is 11.6 Å². The Morgan fingerprint density at radius 2 is 2.35 bits per heavy atom. The zero-order valence-electron chi connectivity index (χ0n) is 9.53. The Balaban J connectivity index is 2.10. The van der Waals surface area contributed by atoms with E-state index in [-0.39, 0.29) is 11.9 Å². The van der Waals surface area contributed by atoms with Crippen LogP contribution in [0.15, 0.2) is 18.2 Å². The third-order valence-electron chi connectivity index (χ3n) is 3.00. The standard InChI is InChI=1S/C12H16ClFN2O/c13-12-2-1-10(14)5-9(12)7-16-3-4-17-8-11(16)6-15/h1-2,5,11H,3-4,6-8,15H2. The van der Waals surface area contributed by atoms with Gasteiger partial charge in [0.15, 0.2) is 0 Å². The zero-order valence-corrected chi connectivity index (χ0v) is 10.3. The van der Waals surface area contributed by atoms with Crippen LogP contribution in [0.1, 0.15) is 5.56 Å². The van der Waals surface area contributed by atoms with Gasteiger partial charge >= 0.3 is 0 Å². The largest absolute Gasteiger partial charge is 0.378 e. The predicted octanol–water partition coefficient (Wildman–Crippen LogP) is 1.64. The van der Waals surface area contributed by atoms with E-state index in [2.05, 4.69) is 4.90 Å². The van der Waals surface area contributed by atoms with E-state index in [1.54, 1.807) is 6.07 Å². The van der Waals surface area contributed by atoms with E-state index in [1.165, 1.54) is 12.1 Å². The molecule has 0 radical (unpaired) electrons. The van der Waals surface area contributed by atoms with Crippen molar-refractivity contribution < 1.29 is 9.13 Å². The number of halogens is 2. The molecule has 1 atom stereocenters. The van der Waals surface area contributed by atoms with Crippen molar-refractivity contribution in [1.29, 1.82) is 0 Å². The summed E-state index contributed by atoms with van der Waals surface area (Å²) in [6.07, 6.45) is 0. The van der Waals surface area contributed by atoms with Crippen LogP contribution in [0.3, 0.4) is 0 Å². The molecular formula is C12H16ClFN2O. The normalized spacial score (nSPS) is 21.7. The van der Waals surface area contributed by atoms with Gasteiger partial charge in [0.05, 0.1) is 13.2 Å². The fraction of sp³-hybridized carbons (Fsp3) is 0.500. The molecule has 0 spiro atoms. The second-order valence-corrected chi connectivity index (χ2v) is 4.58. The van der Waals surface area contributed by atoms with Crippen LogP contribution < -0.4 is 5.73 Å². The van der Waals surface area contributed by atoms with E-state index >= 15 is 0 Å². The summed E-state index contributed by atoms with van der Waals surface area (Å²) in [6.45, 7) is 3.26. The fourth-order valence-electron chi connectivity index (χ4n) is 2.00. The Morgan fingerprint density at radius 1 is 1.53 bits per heavy atom. The third-order valence-corrected chi connectivity index (χ3v) is 3.37. The lowest BCUT2D eigenvalue weighted by Gasteiger charge is -2.35. The first kappa shape index (κ1) is 12.8. The molecule has 17 heavy (non-hydrogen) atoms. The lowest BCUT2D eigenvalue weighted by Crippen LogP contribution is -2.48. The number of hydrogen-bond donors (Lipinski definition) is 1. The van der Waals surface area contributed by atoms with Crippen LogP contribution in [0.25, 0.3) is 0 Å². The molecule has 1 heterocycles. The first-order valence-corrected chi connectivity index (χ1v) is 6.04. The summed E-state index contributed by atoms with van der Waals surface area (Å²) in [6, 6.07) is 4.62. The molecule has 1 aliphatic rings. The molecule has 1 fully saturated rings. The molecule has 1 aromatic rings. The molecule has 1 aliphatic heterocycles. The van der Waals surface area contributed by atoms with Crippen LogP contribution in [0, 0.1) is 5.82 Å². The van der Waals surface area contributed by atoms with Crippen molar-refractivity contribution in [3.63, 3.8) is 0 Å². The van der Waals surface area contributed by atoms with Crippen LogP contribution >= 0.6 is 11.6 Å². The number of ether oxygens (including phenoxy) is 1. The van der Waals surface area contributed by atoms with Gasteiger partial charge in [-0.3, -0.25) is 4.90 Å². The maximum absolute atomic E-state index is 13.2. The highest BCUT2D eigenvalue weighted by atomic mass is 35.5. The molecule has 0 amide bonds. The molecule has 1 unspecified atom stereocenters. The molecule has 94 valence electrons. The van der Waals surface area contributed by atoms with Crippen molar-refractivity contribution >= 4 is 11.6 Å². The Morgan fingerprint density at radius 3 is 3.12 bits per heavy atom. The van der Waals surface area contributed by atoms with Crippen molar-refractivity contribution in [2.24, 2.45) is 5.73 Å². The van der Waals surface area contributed by atoms with Crippen molar-refractivity contribution in [3.05, 3.63) is 34.6 Å². The number of hydrogen-bond acceptors (Lipinski definition) is 3. The summed E-state index contributed by atoms with van der Waals surface area (Å²) < 4.78 is 18.5. The molecule has 5 heteroatoms. The van der Waals surface area contributed by atoms with Gasteiger partial charge in [-0.2, -0.15) is 0 Å². The van der Waals surface area contributed by atoms with Crippen LogP contribution in [0.5, 0.6) is 0 Å². The van der Waals surface area contributed by atoms with Crippen LogP contribution in [-0.4, -0.2) is 37.2 Å². The van der Waals surface area contributed by atoms with Gasteiger partial charge in [-0.15, -0.1) is 0 Å². The first-order valence-electron chi connectivity index (χ1n) is 5.66. The number of nitrogens with zero attached hydrogens (tertiary/aromatic N) is 1. The van der Waals surface area contributed by atoms with Gasteiger partial charge in [-0.05, 0) is 23.8 Å². The van der Waals surface area contributed by atoms with Crippen LogP contribution in [0.4, 0.5) is 4.39 Å². The Kier molecular flexibility index (Phi) is 4.34. The second-order valence-electron chi connectivity index (χ2n) is 4.17. The fourth-order valence-corrected chi connectivity index (χ4v) is 2.18. The summed E-state index contributed by atoms with van der Waals surface area (Å²) in [5, 5.41) is 0.591. The summed E-state index contributed by atoms with van der Waals surface area (Å²) in [5.41, 5.74) is 6.48. The molecule has 1 aromatic carbocycles. The average Bonchev–Trinajstić information content (AvgIpc) is 2.34. The van der Waals surface area contributed by atoms with Gasteiger partial charge in [0.2, 0.25) is 0 Å². The minimum atomic E-state index is -0.262. The summed E-state index contributed by atoms with van der Waals surface area (Å²) in [7, 11) is 0. The lowest BCUT2D eigenvalue weighted by molar-refractivity contribution is -0.00794. The van der Waals surface area contributed by atoms with Crippen molar-refractivity contribution in [2.75, 3.05) is 26.3 Å². The highest BCUT2D eigenvalue weighted by molar-refractivity contribution is 6.31. The minimum Gasteiger partial charge on any atom is -0.378 e. The van der Waals surface area contributed by atoms with E-state index in [9.17, 15) is 4.39 Å². The predicted molar refractivity (Wildman–Crippen MR) is 65.5 cm³/mol. The molecular weight excluding hydrogens is 243 g/mol. The Bertz CT molecular complexity index is 389. The highest BCUT2D eigenvalue weighted by Crippen LogP contribution is 2.20. The molecule has 2 rings (SSSR count). The van der Waals surface area contributed by atoms with Crippen molar-refractivity contribution in [2.45, 2.75) is 12.6 Å². The van der Waals surface area contributed by atoms with Crippen molar-refractivity contribution in [1.82, 2.24) is 4.90 Å². The van der Waals surface area contributed by atoms with Gasteiger partial charge in [0.25, 0.3) is 0 Å². The average molecular weight is 259 g/mol. The Hall–Kier alpha value is -0.680. The summed E-state index contributed by atoms with van der Waals surface area (Å²) in [4.78, 5) is 2.18. The van der Waals surface area contributed by atoms with Crippen LogP contribution in [0.2, 0.25) is 5.02 Å². The minimum absolute atomic E-state index is 0.183. The van der Waals surface area contributed by atoms with Crippen LogP contribution in [-0.2, 0) is 11.3 Å².